The van der Waals surface area contributed by atoms with Gasteiger partial charge in [-0.3, -0.25) is 4.79 Å². The van der Waals surface area contributed by atoms with Gasteiger partial charge in [0.1, 0.15) is 23.7 Å². The summed E-state index contributed by atoms with van der Waals surface area (Å²) in [6, 6.07) is 13.8. The number of carbonyl (C=O) groups excluding carboxylic acids is 1. The molecule has 3 rings (SSSR count). The van der Waals surface area contributed by atoms with Crippen LogP contribution in [0, 0.1) is 6.92 Å². The predicted molar refractivity (Wildman–Crippen MR) is 134 cm³/mol. The van der Waals surface area contributed by atoms with E-state index in [2.05, 4.69) is 52.1 Å². The van der Waals surface area contributed by atoms with Gasteiger partial charge in [0.15, 0.2) is 8.32 Å². The molecule has 178 valence electrons. The summed E-state index contributed by atoms with van der Waals surface area (Å²) < 4.78 is 23.6. The highest BCUT2D eigenvalue weighted by Crippen LogP contribution is 2.37. The Morgan fingerprint density at radius 3 is 2.48 bits per heavy atom. The van der Waals surface area contributed by atoms with E-state index in [1.54, 1.807) is 6.92 Å². The maximum atomic E-state index is 11.9. The van der Waals surface area contributed by atoms with Crippen molar-refractivity contribution in [3.63, 3.8) is 0 Å². The fraction of sp³-hybridized carbons (Fsp3) is 0.444. The van der Waals surface area contributed by atoms with Crippen molar-refractivity contribution in [2.45, 2.75) is 72.4 Å². The first-order chi connectivity index (χ1) is 15.5. The molecule has 33 heavy (non-hydrogen) atoms. The van der Waals surface area contributed by atoms with Crippen molar-refractivity contribution >= 4 is 25.3 Å². The van der Waals surface area contributed by atoms with E-state index in [4.69, 9.17) is 18.3 Å². The molecular formula is C27H36O5Si. The van der Waals surface area contributed by atoms with Gasteiger partial charge in [0.05, 0.1) is 19.6 Å². The van der Waals surface area contributed by atoms with Crippen molar-refractivity contribution in [1.82, 2.24) is 0 Å². The van der Waals surface area contributed by atoms with Gasteiger partial charge in [-0.15, -0.1) is 0 Å². The highest BCUT2D eigenvalue weighted by molar-refractivity contribution is 6.74. The monoisotopic (exact) mass is 468 g/mol. The molecule has 1 aromatic heterocycles. The molecule has 0 aliphatic carbocycles. The molecule has 6 heteroatoms. The molecular weight excluding hydrogens is 432 g/mol. The zero-order valence-electron chi connectivity index (χ0n) is 20.9. The number of carbonyl (C=O) groups is 1. The van der Waals surface area contributed by atoms with Crippen LogP contribution in [0.5, 0.6) is 5.75 Å². The molecule has 0 unspecified atom stereocenters. The molecule has 0 N–H and O–H groups in total. The summed E-state index contributed by atoms with van der Waals surface area (Å²) >= 11 is 0. The van der Waals surface area contributed by atoms with E-state index in [0.717, 1.165) is 33.4 Å². The van der Waals surface area contributed by atoms with Crippen LogP contribution in [-0.4, -0.2) is 20.9 Å². The second-order valence-corrected chi connectivity index (χ2v) is 14.8. The molecule has 3 aromatic rings. The van der Waals surface area contributed by atoms with Crippen molar-refractivity contribution in [2.24, 2.45) is 0 Å². The van der Waals surface area contributed by atoms with Crippen LogP contribution in [0.25, 0.3) is 11.0 Å². The molecule has 0 atom stereocenters. The number of furan rings is 1. The minimum Gasteiger partial charge on any atom is -0.489 e. The number of benzene rings is 2. The van der Waals surface area contributed by atoms with Crippen LogP contribution in [0.15, 0.2) is 46.9 Å². The lowest BCUT2D eigenvalue weighted by atomic mass is 10.1. The maximum absolute atomic E-state index is 11.9. The Kier molecular flexibility index (Phi) is 7.70. The first-order valence-electron chi connectivity index (χ1n) is 11.5. The van der Waals surface area contributed by atoms with Crippen LogP contribution in [0.4, 0.5) is 0 Å². The van der Waals surface area contributed by atoms with Gasteiger partial charge in [-0.1, -0.05) is 39.0 Å². The Bertz CT molecular complexity index is 1110. The number of fused-ring (bicyclic) bond motifs is 1. The lowest BCUT2D eigenvalue weighted by Gasteiger charge is -2.35. The summed E-state index contributed by atoms with van der Waals surface area (Å²) in [5.41, 5.74) is 3.81. The van der Waals surface area contributed by atoms with E-state index in [-0.39, 0.29) is 17.4 Å². The third-order valence-corrected chi connectivity index (χ3v) is 10.8. The van der Waals surface area contributed by atoms with Gasteiger partial charge in [-0.2, -0.15) is 0 Å². The Balaban J connectivity index is 1.73. The van der Waals surface area contributed by atoms with Crippen LogP contribution in [0.3, 0.4) is 0 Å². The second kappa shape index (κ2) is 10.1. The third kappa shape index (κ3) is 6.27. The van der Waals surface area contributed by atoms with Gasteiger partial charge in [0, 0.05) is 10.9 Å². The van der Waals surface area contributed by atoms with Crippen molar-refractivity contribution in [1.29, 1.82) is 0 Å². The quantitative estimate of drug-likeness (QED) is 0.251. The molecule has 0 fully saturated rings. The highest BCUT2D eigenvalue weighted by atomic mass is 28.4. The summed E-state index contributed by atoms with van der Waals surface area (Å²) in [7, 11) is -1.85. The van der Waals surface area contributed by atoms with Gasteiger partial charge in [0.25, 0.3) is 0 Å². The molecule has 0 bridgehead atoms. The zero-order chi connectivity index (χ0) is 24.2. The Hall–Kier alpha value is -2.57. The Labute approximate surface area is 198 Å². The number of hydrogen-bond acceptors (Lipinski definition) is 5. The molecule has 5 nitrogen and oxygen atoms in total. The minimum absolute atomic E-state index is 0.156. The largest absolute Gasteiger partial charge is 0.489 e. The van der Waals surface area contributed by atoms with E-state index in [9.17, 15) is 4.79 Å². The van der Waals surface area contributed by atoms with Gasteiger partial charge in [-0.25, -0.2) is 0 Å². The number of ether oxygens (including phenoxy) is 2. The lowest BCUT2D eigenvalue weighted by molar-refractivity contribution is -0.142. The number of hydrogen-bond donors (Lipinski definition) is 0. The molecule has 0 radical (unpaired) electrons. The summed E-state index contributed by atoms with van der Waals surface area (Å²) in [4.78, 5) is 11.9. The van der Waals surface area contributed by atoms with Crippen LogP contribution < -0.4 is 4.74 Å². The fourth-order valence-electron chi connectivity index (χ4n) is 3.40. The molecule has 0 spiro atoms. The molecule has 0 saturated carbocycles. The second-order valence-electron chi connectivity index (χ2n) is 9.97. The lowest BCUT2D eigenvalue weighted by Crippen LogP contribution is -2.40. The summed E-state index contributed by atoms with van der Waals surface area (Å²) in [6.07, 6.45) is 0.196. The smallest absolute Gasteiger partial charge is 0.310 e. The minimum atomic E-state index is -1.85. The van der Waals surface area contributed by atoms with E-state index < -0.39 is 8.32 Å². The predicted octanol–water partition coefficient (Wildman–Crippen LogP) is 6.95. The van der Waals surface area contributed by atoms with Gasteiger partial charge in [0.2, 0.25) is 0 Å². The number of aryl methyl sites for hydroxylation is 1. The average Bonchev–Trinajstić information content (AvgIpc) is 3.15. The fourth-order valence-corrected chi connectivity index (χ4v) is 4.34. The van der Waals surface area contributed by atoms with E-state index in [0.29, 0.717) is 25.6 Å². The average molecular weight is 469 g/mol. The normalized spacial score (nSPS) is 12.2. The van der Waals surface area contributed by atoms with Crippen LogP contribution in [-0.2, 0) is 33.6 Å². The van der Waals surface area contributed by atoms with Crippen molar-refractivity contribution in [3.05, 3.63) is 64.9 Å². The van der Waals surface area contributed by atoms with E-state index in [1.807, 2.05) is 31.2 Å². The van der Waals surface area contributed by atoms with Crippen molar-refractivity contribution < 1.29 is 23.1 Å². The Morgan fingerprint density at radius 2 is 1.79 bits per heavy atom. The SMILES string of the molecule is CCOC(=O)Cc1ccccc1OCc1cc(C)c2oc(CO[Si](C)(C)C(C)(C)C)cc2c1. The number of para-hydroxylation sites is 1. The first-order valence-corrected chi connectivity index (χ1v) is 14.4. The zero-order valence-corrected chi connectivity index (χ0v) is 21.9. The topological polar surface area (TPSA) is 57.9 Å². The molecule has 0 aliphatic heterocycles. The third-order valence-electron chi connectivity index (χ3n) is 6.30. The summed E-state index contributed by atoms with van der Waals surface area (Å²) in [5.74, 6) is 1.28. The van der Waals surface area contributed by atoms with Gasteiger partial charge in [-0.05, 0) is 67.4 Å². The first kappa shape index (κ1) is 25.1. The molecule has 2 aromatic carbocycles. The van der Waals surface area contributed by atoms with Crippen LogP contribution in [0.1, 0.15) is 50.1 Å². The van der Waals surface area contributed by atoms with E-state index in [1.165, 1.54) is 0 Å². The van der Waals surface area contributed by atoms with Gasteiger partial charge >= 0.3 is 5.97 Å². The number of rotatable bonds is 9. The van der Waals surface area contributed by atoms with Crippen molar-refractivity contribution in [3.8, 4) is 5.75 Å². The molecule has 0 aliphatic rings. The molecule has 1 heterocycles. The van der Waals surface area contributed by atoms with E-state index >= 15 is 0 Å². The summed E-state index contributed by atoms with van der Waals surface area (Å²) in [6.45, 7) is 16.3. The maximum Gasteiger partial charge on any atom is 0.310 e. The standard InChI is InChI=1S/C27H36O5Si/c1-8-29-25(28)16-21-11-9-10-12-24(21)30-17-20-13-19(2)26-22(14-20)15-23(32-26)18-31-33(6,7)27(3,4)5/h9-15H,8,16-18H2,1-7H3. The highest BCUT2D eigenvalue weighted by Gasteiger charge is 2.37. The summed E-state index contributed by atoms with van der Waals surface area (Å²) in [5, 5.41) is 1.20. The van der Waals surface area contributed by atoms with Gasteiger partial charge < -0.3 is 18.3 Å². The van der Waals surface area contributed by atoms with Crippen LogP contribution in [0.2, 0.25) is 18.1 Å². The number of esters is 1. The van der Waals surface area contributed by atoms with Crippen molar-refractivity contribution in [2.75, 3.05) is 6.61 Å². The molecule has 0 amide bonds. The molecule has 0 saturated heterocycles. The Morgan fingerprint density at radius 1 is 1.06 bits per heavy atom. The van der Waals surface area contributed by atoms with Crippen LogP contribution >= 0.6 is 0 Å².